The average molecular weight is 164 g/mol. The normalized spacial score (nSPS) is 8.33. The van der Waals surface area contributed by atoms with Crippen LogP contribution in [0, 0.1) is 0 Å². The van der Waals surface area contributed by atoms with Crippen molar-refractivity contribution < 1.29 is 0 Å². The van der Waals surface area contributed by atoms with E-state index in [1.54, 1.807) is 24.7 Å². The zero-order chi connectivity index (χ0) is 8.65. The molecule has 0 atom stereocenters. The maximum atomic E-state index is 5.02. The van der Waals surface area contributed by atoms with Crippen LogP contribution in [0.5, 0.6) is 0 Å². The predicted molar refractivity (Wildman–Crippen MR) is 42.2 cm³/mol. The Bertz CT molecular complexity index is 251. The fourth-order valence-corrected chi connectivity index (χ4v) is 0.471. The molecule has 2 aromatic rings. The fourth-order valence-electron chi connectivity index (χ4n) is 0.471. The van der Waals surface area contributed by atoms with Gasteiger partial charge in [0.05, 0.1) is 12.4 Å². The minimum atomic E-state index is 1.14. The van der Waals surface area contributed by atoms with Gasteiger partial charge in [0, 0.05) is 12.4 Å². The molecule has 0 spiro atoms. The molecule has 2 aromatic heterocycles. The lowest BCUT2D eigenvalue weighted by molar-refractivity contribution is 0.765. The largest absolute Gasteiger partial charge is 0.322 e. The zero-order valence-corrected chi connectivity index (χ0v) is 6.28. The van der Waals surface area contributed by atoms with Crippen LogP contribution >= 0.6 is 0 Å². The maximum Gasteiger partial charge on any atom is 0.115 e. The molecule has 2 rings (SSSR count). The minimum Gasteiger partial charge on any atom is -0.322 e. The van der Waals surface area contributed by atoms with Crippen LogP contribution in [-0.4, -0.2) is 25.1 Å². The summed E-state index contributed by atoms with van der Waals surface area (Å²) in [5.41, 5.74) is 0. The summed E-state index contributed by atoms with van der Waals surface area (Å²) in [5.74, 6) is 5.02. The van der Waals surface area contributed by atoms with Gasteiger partial charge in [0.1, 0.15) is 6.33 Å². The summed E-state index contributed by atoms with van der Waals surface area (Å²) in [6, 6.07) is 1.78. The molecule has 0 aromatic carbocycles. The third kappa shape index (κ3) is 3.25. The monoisotopic (exact) mass is 164 g/mol. The molecular formula is C6H8N6. The van der Waals surface area contributed by atoms with E-state index in [2.05, 4.69) is 20.3 Å². The Morgan fingerprint density at radius 2 is 1.83 bits per heavy atom. The summed E-state index contributed by atoms with van der Waals surface area (Å²) >= 11 is 0. The highest BCUT2D eigenvalue weighted by molar-refractivity contribution is 4.74. The van der Waals surface area contributed by atoms with Crippen LogP contribution in [0.1, 0.15) is 0 Å². The number of nitrogens with two attached hydrogens (primary N) is 1. The number of hydrogen-bond acceptors (Lipinski definition) is 5. The summed E-state index contributed by atoms with van der Waals surface area (Å²) in [6.07, 6.45) is 7.94. The number of aromatic nitrogens is 5. The van der Waals surface area contributed by atoms with E-state index in [0.29, 0.717) is 0 Å². The van der Waals surface area contributed by atoms with Crippen molar-refractivity contribution in [1.29, 1.82) is 0 Å². The van der Waals surface area contributed by atoms with Crippen molar-refractivity contribution >= 4 is 0 Å². The Morgan fingerprint density at radius 1 is 1.08 bits per heavy atom. The van der Waals surface area contributed by atoms with Gasteiger partial charge in [-0.3, -0.25) is 0 Å². The molecule has 0 saturated carbocycles. The van der Waals surface area contributed by atoms with E-state index in [1.807, 2.05) is 0 Å². The first-order valence-corrected chi connectivity index (χ1v) is 3.21. The van der Waals surface area contributed by atoms with Crippen molar-refractivity contribution in [2.75, 3.05) is 5.84 Å². The lowest BCUT2D eigenvalue weighted by Crippen LogP contribution is -2.07. The molecule has 6 heteroatoms. The van der Waals surface area contributed by atoms with Crippen LogP contribution in [-0.2, 0) is 0 Å². The second-order valence-corrected chi connectivity index (χ2v) is 1.79. The molecule has 62 valence electrons. The van der Waals surface area contributed by atoms with Crippen LogP contribution in [0.15, 0.2) is 37.2 Å². The van der Waals surface area contributed by atoms with Gasteiger partial charge in [0.25, 0.3) is 0 Å². The van der Waals surface area contributed by atoms with Crippen molar-refractivity contribution in [3.05, 3.63) is 37.2 Å². The molecule has 0 radical (unpaired) electrons. The highest BCUT2D eigenvalue weighted by Gasteiger charge is 1.71. The predicted octanol–water partition coefficient (Wildman–Crippen LogP) is -0.532. The molecule has 0 aliphatic rings. The van der Waals surface area contributed by atoms with E-state index in [9.17, 15) is 0 Å². The average Bonchev–Trinajstić information content (AvgIpc) is 2.60. The molecule has 0 bridgehead atoms. The minimum absolute atomic E-state index is 1.14. The second-order valence-electron chi connectivity index (χ2n) is 1.79. The van der Waals surface area contributed by atoms with E-state index in [-0.39, 0.29) is 0 Å². The molecule has 0 unspecified atom stereocenters. The maximum absolute atomic E-state index is 5.02. The SMILES string of the molecule is Nn1ccnn1.c1cncnc1. The summed E-state index contributed by atoms with van der Waals surface area (Å²) in [6.45, 7) is 0. The first-order valence-electron chi connectivity index (χ1n) is 3.21. The molecule has 0 saturated heterocycles. The van der Waals surface area contributed by atoms with Gasteiger partial charge in [0.2, 0.25) is 0 Å². The van der Waals surface area contributed by atoms with E-state index in [4.69, 9.17) is 5.84 Å². The third-order valence-corrected chi connectivity index (χ3v) is 0.919. The highest BCUT2D eigenvalue weighted by atomic mass is 15.5. The van der Waals surface area contributed by atoms with Gasteiger partial charge in [-0.25, -0.2) is 9.97 Å². The van der Waals surface area contributed by atoms with Gasteiger partial charge in [-0.05, 0) is 11.3 Å². The smallest absolute Gasteiger partial charge is 0.115 e. The first kappa shape index (κ1) is 8.12. The van der Waals surface area contributed by atoms with Crippen LogP contribution in [0.3, 0.4) is 0 Å². The lowest BCUT2D eigenvalue weighted by atomic mass is 10.7. The van der Waals surface area contributed by atoms with Gasteiger partial charge < -0.3 is 5.84 Å². The van der Waals surface area contributed by atoms with Gasteiger partial charge in [-0.15, -0.1) is 5.10 Å². The van der Waals surface area contributed by atoms with Crippen LogP contribution in [0.2, 0.25) is 0 Å². The Kier molecular flexibility index (Phi) is 3.23. The number of nitrogens with zero attached hydrogens (tertiary/aromatic N) is 5. The van der Waals surface area contributed by atoms with Crippen molar-refractivity contribution in [1.82, 2.24) is 25.1 Å². The number of rotatable bonds is 0. The molecule has 12 heavy (non-hydrogen) atoms. The summed E-state index contributed by atoms with van der Waals surface area (Å²) in [4.78, 5) is 8.49. The number of nitrogen functional groups attached to an aromatic ring is 1. The van der Waals surface area contributed by atoms with Crippen molar-refractivity contribution in [2.24, 2.45) is 0 Å². The number of hydrogen-bond donors (Lipinski definition) is 1. The van der Waals surface area contributed by atoms with Crippen molar-refractivity contribution in [3.8, 4) is 0 Å². The molecule has 2 N–H and O–H groups in total. The Morgan fingerprint density at radius 3 is 2.00 bits per heavy atom. The van der Waals surface area contributed by atoms with E-state index in [1.165, 1.54) is 12.5 Å². The quantitative estimate of drug-likeness (QED) is 0.529. The van der Waals surface area contributed by atoms with Crippen LogP contribution < -0.4 is 5.84 Å². The molecular weight excluding hydrogens is 156 g/mol. The van der Waals surface area contributed by atoms with Gasteiger partial charge in [-0.2, -0.15) is 4.79 Å². The third-order valence-electron chi connectivity index (χ3n) is 0.919. The van der Waals surface area contributed by atoms with Gasteiger partial charge >= 0.3 is 0 Å². The van der Waals surface area contributed by atoms with Crippen molar-refractivity contribution in [2.45, 2.75) is 0 Å². The van der Waals surface area contributed by atoms with Gasteiger partial charge in [-0.1, -0.05) is 0 Å². The van der Waals surface area contributed by atoms with Gasteiger partial charge in [0.15, 0.2) is 0 Å². The fraction of sp³-hybridized carbons (Fsp3) is 0. The zero-order valence-electron chi connectivity index (χ0n) is 6.28. The van der Waals surface area contributed by atoms with E-state index in [0.717, 1.165) is 4.79 Å². The molecule has 0 fully saturated rings. The highest BCUT2D eigenvalue weighted by Crippen LogP contribution is 1.66. The molecule has 0 amide bonds. The summed E-state index contributed by atoms with van der Waals surface area (Å²) in [7, 11) is 0. The van der Waals surface area contributed by atoms with Crippen LogP contribution in [0.4, 0.5) is 0 Å². The molecule has 2 heterocycles. The first-order chi connectivity index (χ1) is 5.89. The topological polar surface area (TPSA) is 82.5 Å². The van der Waals surface area contributed by atoms with Crippen molar-refractivity contribution in [3.63, 3.8) is 0 Å². The molecule has 0 aliphatic heterocycles. The molecule has 6 nitrogen and oxygen atoms in total. The van der Waals surface area contributed by atoms with Crippen LogP contribution in [0.25, 0.3) is 0 Å². The van der Waals surface area contributed by atoms with E-state index >= 15 is 0 Å². The Labute approximate surface area is 69.0 Å². The Hall–Kier alpha value is -1.98. The molecule has 0 aliphatic carbocycles. The standard InChI is InChI=1S/C4H4N2.C2H4N4/c1-2-5-4-6-3-1;3-6-2-1-4-5-6/h1-4H;1-2H,3H2. The van der Waals surface area contributed by atoms with E-state index < -0.39 is 0 Å². The lowest BCUT2D eigenvalue weighted by Gasteiger charge is -1.76. The summed E-state index contributed by atoms with van der Waals surface area (Å²) in [5, 5.41) is 6.77. The second kappa shape index (κ2) is 4.78. The summed E-state index contributed by atoms with van der Waals surface area (Å²) < 4.78 is 0. The Balaban J connectivity index is 0.000000120.